The predicted octanol–water partition coefficient (Wildman–Crippen LogP) is 3.01. The molecule has 0 amide bonds. The molecule has 0 fully saturated rings. The molecule has 1 aromatic rings. The summed E-state index contributed by atoms with van der Waals surface area (Å²) >= 11 is 5.87. The molecule has 0 unspecified atom stereocenters. The van der Waals surface area contributed by atoms with Gasteiger partial charge in [-0.1, -0.05) is 23.7 Å². The largest absolute Gasteiger partial charge is 0.396 e. The van der Waals surface area contributed by atoms with Crippen LogP contribution in [0.2, 0.25) is 5.02 Å². The second kappa shape index (κ2) is 9.91. The van der Waals surface area contributed by atoms with Gasteiger partial charge in [0.2, 0.25) is 0 Å². The summed E-state index contributed by atoms with van der Waals surface area (Å²) in [7, 11) is 0. The van der Waals surface area contributed by atoms with Crippen LogP contribution in [0.15, 0.2) is 24.3 Å². The quantitative estimate of drug-likeness (QED) is 0.742. The van der Waals surface area contributed by atoms with Gasteiger partial charge in [0.05, 0.1) is 0 Å². The van der Waals surface area contributed by atoms with Crippen LogP contribution in [0.5, 0.6) is 0 Å². The van der Waals surface area contributed by atoms with E-state index in [4.69, 9.17) is 16.7 Å². The lowest BCUT2D eigenvalue weighted by Gasteiger charge is -2.04. The van der Waals surface area contributed by atoms with E-state index in [1.54, 1.807) is 0 Å². The van der Waals surface area contributed by atoms with Crippen molar-refractivity contribution in [2.75, 3.05) is 13.2 Å². The number of hydrogen-bond acceptors (Lipinski definition) is 2. The fourth-order valence-corrected chi connectivity index (χ4v) is 1.63. The van der Waals surface area contributed by atoms with Crippen molar-refractivity contribution in [1.82, 2.24) is 5.32 Å². The van der Waals surface area contributed by atoms with Crippen molar-refractivity contribution >= 4 is 24.0 Å². The molecule has 1 aromatic carbocycles. The molecule has 0 spiro atoms. The summed E-state index contributed by atoms with van der Waals surface area (Å²) in [5.74, 6) is 0. The third-order valence-corrected chi connectivity index (χ3v) is 2.46. The molecule has 0 heterocycles. The Bertz CT molecular complexity index is 281. The van der Waals surface area contributed by atoms with Crippen LogP contribution >= 0.6 is 24.0 Å². The van der Waals surface area contributed by atoms with Crippen molar-refractivity contribution in [3.8, 4) is 0 Å². The first-order chi connectivity index (χ1) is 7.33. The molecule has 2 nitrogen and oxygen atoms in total. The van der Waals surface area contributed by atoms with Crippen LogP contribution in [0, 0.1) is 0 Å². The van der Waals surface area contributed by atoms with Crippen LogP contribution in [0.25, 0.3) is 0 Å². The summed E-state index contributed by atoms with van der Waals surface area (Å²) in [6, 6.07) is 7.88. The molecule has 2 N–H and O–H groups in total. The SMILES string of the molecule is Cl.OCCCCCNCc1cccc(Cl)c1. The van der Waals surface area contributed by atoms with Gasteiger partial charge in [-0.25, -0.2) is 0 Å². The van der Waals surface area contributed by atoms with Gasteiger partial charge in [0.25, 0.3) is 0 Å². The van der Waals surface area contributed by atoms with Gasteiger partial charge in [-0.15, -0.1) is 12.4 Å². The highest BCUT2D eigenvalue weighted by molar-refractivity contribution is 6.30. The number of nitrogens with one attached hydrogen (secondary N) is 1. The minimum atomic E-state index is 0. The summed E-state index contributed by atoms with van der Waals surface area (Å²) in [5, 5.41) is 12.7. The van der Waals surface area contributed by atoms with E-state index in [9.17, 15) is 0 Å². The van der Waals surface area contributed by atoms with Crippen molar-refractivity contribution in [2.24, 2.45) is 0 Å². The lowest BCUT2D eigenvalue weighted by Crippen LogP contribution is -2.14. The Kier molecular flexibility index (Phi) is 9.74. The second-order valence-corrected chi connectivity index (χ2v) is 4.03. The number of aliphatic hydroxyl groups excluding tert-OH is 1. The topological polar surface area (TPSA) is 32.3 Å². The predicted molar refractivity (Wildman–Crippen MR) is 71.3 cm³/mol. The van der Waals surface area contributed by atoms with Gasteiger partial charge in [-0.05, 0) is 43.5 Å². The maximum Gasteiger partial charge on any atom is 0.0431 e. The van der Waals surface area contributed by atoms with Gasteiger partial charge in [0.1, 0.15) is 0 Å². The van der Waals surface area contributed by atoms with Gasteiger partial charge in [0.15, 0.2) is 0 Å². The van der Waals surface area contributed by atoms with Crippen LogP contribution in [-0.4, -0.2) is 18.3 Å². The molecule has 0 saturated heterocycles. The molecule has 1 rings (SSSR count). The van der Waals surface area contributed by atoms with Gasteiger partial charge in [-0.3, -0.25) is 0 Å². The number of aliphatic hydroxyl groups is 1. The smallest absolute Gasteiger partial charge is 0.0431 e. The van der Waals surface area contributed by atoms with E-state index in [1.165, 1.54) is 5.56 Å². The summed E-state index contributed by atoms with van der Waals surface area (Å²) in [6.07, 6.45) is 3.10. The third-order valence-electron chi connectivity index (χ3n) is 2.23. The fourth-order valence-electron chi connectivity index (χ4n) is 1.42. The molecule has 0 radical (unpaired) electrons. The van der Waals surface area contributed by atoms with Crippen molar-refractivity contribution in [3.63, 3.8) is 0 Å². The van der Waals surface area contributed by atoms with Gasteiger partial charge in [0, 0.05) is 18.2 Å². The number of unbranched alkanes of at least 4 members (excludes halogenated alkanes) is 2. The highest BCUT2D eigenvalue weighted by Gasteiger charge is 1.93. The van der Waals surface area contributed by atoms with E-state index >= 15 is 0 Å². The number of halogens is 2. The van der Waals surface area contributed by atoms with E-state index in [0.717, 1.165) is 37.4 Å². The Hall–Kier alpha value is -0.280. The van der Waals surface area contributed by atoms with Crippen LogP contribution in [0.3, 0.4) is 0 Å². The zero-order valence-corrected chi connectivity index (χ0v) is 10.9. The molecular formula is C12H19Cl2NO. The Balaban J connectivity index is 0.00000225. The average molecular weight is 264 g/mol. The van der Waals surface area contributed by atoms with E-state index in [0.29, 0.717) is 6.61 Å². The lowest BCUT2D eigenvalue weighted by molar-refractivity contribution is 0.283. The standard InChI is InChI=1S/C12H18ClNO.ClH/c13-12-6-4-5-11(9-12)10-14-7-2-1-3-8-15;/h4-6,9,14-15H,1-3,7-8,10H2;1H. The molecule has 92 valence electrons. The minimum absolute atomic E-state index is 0. The Labute approximate surface area is 108 Å². The highest BCUT2D eigenvalue weighted by Crippen LogP contribution is 2.10. The van der Waals surface area contributed by atoms with Crippen LogP contribution in [-0.2, 0) is 6.54 Å². The lowest BCUT2D eigenvalue weighted by atomic mass is 10.2. The summed E-state index contributed by atoms with van der Waals surface area (Å²) in [4.78, 5) is 0. The first kappa shape index (κ1) is 15.7. The molecule has 0 atom stereocenters. The van der Waals surface area contributed by atoms with Gasteiger partial charge in [-0.2, -0.15) is 0 Å². The van der Waals surface area contributed by atoms with Crippen molar-refractivity contribution < 1.29 is 5.11 Å². The maximum absolute atomic E-state index is 8.60. The van der Waals surface area contributed by atoms with Crippen LogP contribution < -0.4 is 5.32 Å². The zero-order chi connectivity index (χ0) is 10.9. The molecular weight excluding hydrogens is 245 g/mol. The second-order valence-electron chi connectivity index (χ2n) is 3.59. The van der Waals surface area contributed by atoms with E-state index in [1.807, 2.05) is 18.2 Å². The van der Waals surface area contributed by atoms with E-state index in [2.05, 4.69) is 11.4 Å². The zero-order valence-electron chi connectivity index (χ0n) is 9.29. The molecule has 0 bridgehead atoms. The summed E-state index contributed by atoms with van der Waals surface area (Å²) in [6.45, 7) is 2.15. The summed E-state index contributed by atoms with van der Waals surface area (Å²) < 4.78 is 0. The molecule has 0 aliphatic carbocycles. The van der Waals surface area contributed by atoms with Gasteiger partial charge >= 0.3 is 0 Å². The summed E-state index contributed by atoms with van der Waals surface area (Å²) in [5.41, 5.74) is 1.21. The molecule has 0 saturated carbocycles. The van der Waals surface area contributed by atoms with E-state index in [-0.39, 0.29) is 12.4 Å². The Morgan fingerprint density at radius 1 is 1.19 bits per heavy atom. The maximum atomic E-state index is 8.60. The highest BCUT2D eigenvalue weighted by atomic mass is 35.5. The number of benzene rings is 1. The third kappa shape index (κ3) is 7.07. The Morgan fingerprint density at radius 2 is 2.00 bits per heavy atom. The molecule has 0 aromatic heterocycles. The molecule has 0 aliphatic heterocycles. The molecule has 4 heteroatoms. The van der Waals surface area contributed by atoms with Gasteiger partial charge < -0.3 is 10.4 Å². The number of rotatable bonds is 7. The van der Waals surface area contributed by atoms with E-state index < -0.39 is 0 Å². The first-order valence-corrected chi connectivity index (χ1v) is 5.77. The monoisotopic (exact) mass is 263 g/mol. The fraction of sp³-hybridized carbons (Fsp3) is 0.500. The molecule has 0 aliphatic rings. The minimum Gasteiger partial charge on any atom is -0.396 e. The van der Waals surface area contributed by atoms with Crippen molar-refractivity contribution in [2.45, 2.75) is 25.8 Å². The van der Waals surface area contributed by atoms with Crippen LogP contribution in [0.4, 0.5) is 0 Å². The van der Waals surface area contributed by atoms with Crippen molar-refractivity contribution in [3.05, 3.63) is 34.9 Å². The van der Waals surface area contributed by atoms with Crippen LogP contribution in [0.1, 0.15) is 24.8 Å². The first-order valence-electron chi connectivity index (χ1n) is 5.39. The van der Waals surface area contributed by atoms with Crippen molar-refractivity contribution in [1.29, 1.82) is 0 Å². The molecule has 16 heavy (non-hydrogen) atoms. The number of hydrogen-bond donors (Lipinski definition) is 2. The normalized spacial score (nSPS) is 9.88. The Morgan fingerprint density at radius 3 is 2.69 bits per heavy atom. The average Bonchev–Trinajstić information content (AvgIpc) is 2.23.